The summed E-state index contributed by atoms with van der Waals surface area (Å²) >= 11 is 0. The number of hydrogen-bond acceptors (Lipinski definition) is 4. The van der Waals surface area contributed by atoms with E-state index in [9.17, 15) is 4.79 Å². The van der Waals surface area contributed by atoms with E-state index in [0.29, 0.717) is 17.8 Å². The number of hydrogen-bond donors (Lipinski definition) is 2. The van der Waals surface area contributed by atoms with Crippen LogP contribution >= 0.6 is 0 Å². The number of carbonyl (C=O) groups is 1. The summed E-state index contributed by atoms with van der Waals surface area (Å²) in [5.74, 6) is 0.554. The van der Waals surface area contributed by atoms with Gasteiger partial charge in [0.1, 0.15) is 0 Å². The van der Waals surface area contributed by atoms with Crippen molar-refractivity contribution in [2.45, 2.75) is 32.2 Å². The summed E-state index contributed by atoms with van der Waals surface area (Å²) in [6.45, 7) is 3.90. The van der Waals surface area contributed by atoms with Crippen molar-refractivity contribution in [1.29, 1.82) is 0 Å². The minimum atomic E-state index is -0.450. The quantitative estimate of drug-likeness (QED) is 0.858. The highest BCUT2D eigenvalue weighted by atomic mass is 16.5. The Kier molecular flexibility index (Phi) is 4.53. The Morgan fingerprint density at radius 1 is 1.48 bits per heavy atom. The van der Waals surface area contributed by atoms with Crippen LogP contribution in [0.2, 0.25) is 0 Å². The molecular formula is C16H21NO4. The highest BCUT2D eigenvalue weighted by molar-refractivity contribution is 5.97. The predicted molar refractivity (Wildman–Crippen MR) is 80.6 cm³/mol. The number of ether oxygens (including phenoxy) is 1. The molecule has 0 aliphatic carbocycles. The van der Waals surface area contributed by atoms with E-state index in [2.05, 4.69) is 5.32 Å². The normalized spacial score (nSPS) is 13.9. The zero-order valence-electron chi connectivity index (χ0n) is 12.6. The van der Waals surface area contributed by atoms with Gasteiger partial charge in [0.15, 0.2) is 17.1 Å². The van der Waals surface area contributed by atoms with Gasteiger partial charge in [-0.05, 0) is 31.9 Å². The summed E-state index contributed by atoms with van der Waals surface area (Å²) in [4.78, 5) is 12.3. The maximum absolute atomic E-state index is 12.3. The van der Waals surface area contributed by atoms with E-state index in [1.165, 1.54) is 0 Å². The average molecular weight is 291 g/mol. The van der Waals surface area contributed by atoms with Crippen molar-refractivity contribution in [3.05, 3.63) is 30.0 Å². The minimum absolute atomic E-state index is 0.0264. The lowest BCUT2D eigenvalue weighted by molar-refractivity contribution is 0.0859. The Labute approximate surface area is 123 Å². The summed E-state index contributed by atoms with van der Waals surface area (Å²) in [7, 11) is 1.56. The second-order valence-electron chi connectivity index (χ2n) is 5.33. The first-order valence-corrected chi connectivity index (χ1v) is 7.03. The van der Waals surface area contributed by atoms with Crippen LogP contribution in [0, 0.1) is 0 Å². The Hall–Kier alpha value is -2.01. The van der Waals surface area contributed by atoms with E-state index in [1.807, 2.05) is 26.0 Å². The first-order valence-electron chi connectivity index (χ1n) is 7.03. The van der Waals surface area contributed by atoms with Gasteiger partial charge in [-0.15, -0.1) is 0 Å². The van der Waals surface area contributed by atoms with E-state index < -0.39 is 5.54 Å². The summed E-state index contributed by atoms with van der Waals surface area (Å²) in [6.07, 6.45) is 1.22. The van der Waals surface area contributed by atoms with Crippen LogP contribution in [0.5, 0.6) is 5.75 Å². The Bertz CT molecular complexity index is 634. The Morgan fingerprint density at radius 3 is 2.86 bits per heavy atom. The zero-order valence-corrected chi connectivity index (χ0v) is 12.6. The average Bonchev–Trinajstić information content (AvgIpc) is 2.91. The Morgan fingerprint density at radius 2 is 2.24 bits per heavy atom. The number of aliphatic hydroxyl groups excluding tert-OH is 1. The van der Waals surface area contributed by atoms with Crippen LogP contribution in [0.25, 0.3) is 11.0 Å². The molecule has 0 fully saturated rings. The second kappa shape index (κ2) is 6.18. The topological polar surface area (TPSA) is 71.7 Å². The summed E-state index contributed by atoms with van der Waals surface area (Å²) in [5, 5.41) is 12.9. The van der Waals surface area contributed by atoms with Crippen LogP contribution < -0.4 is 10.1 Å². The minimum Gasteiger partial charge on any atom is -0.493 e. The molecule has 2 N–H and O–H groups in total. The van der Waals surface area contributed by atoms with Crippen LogP contribution in [0.3, 0.4) is 0 Å². The lowest BCUT2D eigenvalue weighted by Crippen LogP contribution is -2.46. The maximum Gasteiger partial charge on any atom is 0.287 e. The molecule has 1 unspecified atom stereocenters. The van der Waals surface area contributed by atoms with Crippen molar-refractivity contribution in [3.63, 3.8) is 0 Å². The van der Waals surface area contributed by atoms with Crippen LogP contribution in [0.15, 0.2) is 28.7 Å². The van der Waals surface area contributed by atoms with Gasteiger partial charge in [0.25, 0.3) is 5.91 Å². The first-order chi connectivity index (χ1) is 10.0. The molecule has 0 aliphatic rings. The van der Waals surface area contributed by atoms with Gasteiger partial charge >= 0.3 is 0 Å². The second-order valence-corrected chi connectivity index (χ2v) is 5.33. The third-order valence-electron chi connectivity index (χ3n) is 3.81. The van der Waals surface area contributed by atoms with E-state index in [4.69, 9.17) is 14.3 Å². The number of para-hydroxylation sites is 1. The molecule has 21 heavy (non-hydrogen) atoms. The number of benzene rings is 1. The van der Waals surface area contributed by atoms with Crippen molar-refractivity contribution < 1.29 is 19.1 Å². The van der Waals surface area contributed by atoms with Crippen molar-refractivity contribution in [2.75, 3.05) is 13.7 Å². The molecule has 2 rings (SSSR count). The summed E-state index contributed by atoms with van der Waals surface area (Å²) in [6, 6.07) is 7.20. The first kappa shape index (κ1) is 15.4. The van der Waals surface area contributed by atoms with Gasteiger partial charge in [0, 0.05) is 17.5 Å². The van der Waals surface area contributed by atoms with Crippen molar-refractivity contribution in [2.24, 2.45) is 0 Å². The number of rotatable bonds is 6. The van der Waals surface area contributed by atoms with Crippen LogP contribution in [0.4, 0.5) is 0 Å². The summed E-state index contributed by atoms with van der Waals surface area (Å²) in [5.41, 5.74) is 0.111. The molecule has 1 amide bonds. The SMILES string of the molecule is CCC(C)(CCO)NC(=O)c1cc2cccc(OC)c2o1. The number of amides is 1. The molecule has 1 aromatic heterocycles. The molecule has 5 heteroatoms. The lowest BCUT2D eigenvalue weighted by Gasteiger charge is -2.28. The molecule has 1 heterocycles. The largest absolute Gasteiger partial charge is 0.493 e. The van der Waals surface area contributed by atoms with Gasteiger partial charge in [0.2, 0.25) is 0 Å². The molecule has 1 atom stereocenters. The fourth-order valence-electron chi connectivity index (χ4n) is 2.22. The number of methoxy groups -OCH3 is 1. The fourth-order valence-corrected chi connectivity index (χ4v) is 2.22. The predicted octanol–water partition coefficient (Wildman–Crippen LogP) is 2.72. The van der Waals surface area contributed by atoms with Gasteiger partial charge in [0.05, 0.1) is 7.11 Å². The number of aliphatic hydroxyl groups is 1. The molecule has 114 valence electrons. The maximum atomic E-state index is 12.3. The van der Waals surface area contributed by atoms with Gasteiger partial charge in [-0.2, -0.15) is 0 Å². The van der Waals surface area contributed by atoms with Crippen molar-refractivity contribution in [3.8, 4) is 5.75 Å². The summed E-state index contributed by atoms with van der Waals surface area (Å²) < 4.78 is 10.8. The van der Waals surface area contributed by atoms with Crippen LogP contribution in [-0.2, 0) is 0 Å². The third kappa shape index (κ3) is 3.19. The van der Waals surface area contributed by atoms with Crippen LogP contribution in [0.1, 0.15) is 37.2 Å². The molecule has 0 aliphatic heterocycles. The van der Waals surface area contributed by atoms with Gasteiger partial charge in [-0.3, -0.25) is 4.79 Å². The number of carbonyl (C=O) groups excluding carboxylic acids is 1. The molecule has 2 aromatic rings. The Balaban J connectivity index is 2.27. The smallest absolute Gasteiger partial charge is 0.287 e. The standard InChI is InChI=1S/C16H21NO4/c1-4-16(2,8-9-18)17-15(19)13-10-11-6-5-7-12(20-3)14(11)21-13/h5-7,10,18H,4,8-9H2,1-3H3,(H,17,19). The molecule has 0 radical (unpaired) electrons. The highest BCUT2D eigenvalue weighted by Crippen LogP contribution is 2.28. The molecule has 5 nitrogen and oxygen atoms in total. The number of fused-ring (bicyclic) bond motifs is 1. The van der Waals surface area contributed by atoms with Crippen molar-refractivity contribution >= 4 is 16.9 Å². The van der Waals surface area contributed by atoms with Crippen molar-refractivity contribution in [1.82, 2.24) is 5.32 Å². The number of furan rings is 1. The van der Waals surface area contributed by atoms with E-state index in [0.717, 1.165) is 11.8 Å². The monoisotopic (exact) mass is 291 g/mol. The molecule has 0 spiro atoms. The molecular weight excluding hydrogens is 270 g/mol. The highest BCUT2D eigenvalue weighted by Gasteiger charge is 2.26. The fraction of sp³-hybridized carbons (Fsp3) is 0.438. The van der Waals surface area contributed by atoms with E-state index in [-0.39, 0.29) is 18.3 Å². The molecule has 1 aromatic carbocycles. The molecule has 0 saturated heterocycles. The van der Waals surface area contributed by atoms with Gasteiger partial charge in [-0.25, -0.2) is 0 Å². The molecule has 0 bridgehead atoms. The third-order valence-corrected chi connectivity index (χ3v) is 3.81. The van der Waals surface area contributed by atoms with Crippen LogP contribution in [-0.4, -0.2) is 30.3 Å². The van der Waals surface area contributed by atoms with E-state index in [1.54, 1.807) is 19.2 Å². The van der Waals surface area contributed by atoms with Gasteiger partial charge < -0.3 is 19.6 Å². The molecule has 0 saturated carbocycles. The number of nitrogens with one attached hydrogen (secondary N) is 1. The lowest BCUT2D eigenvalue weighted by atomic mass is 9.95. The zero-order chi connectivity index (χ0) is 15.5. The van der Waals surface area contributed by atoms with Gasteiger partial charge in [-0.1, -0.05) is 19.1 Å². The van der Waals surface area contributed by atoms with E-state index >= 15 is 0 Å².